The highest BCUT2D eigenvalue weighted by Gasteiger charge is 1.96. The van der Waals surface area contributed by atoms with Crippen LogP contribution in [0.5, 0.6) is 0 Å². The average Bonchev–Trinajstić information content (AvgIpc) is 2.16. The first kappa shape index (κ1) is 10.2. The minimum absolute atomic E-state index is 0.121. The molecule has 1 heterocycles. The van der Waals surface area contributed by atoms with Crippen molar-refractivity contribution >= 4 is 17.4 Å². The highest BCUT2D eigenvalue weighted by Crippen LogP contribution is 2.08. The predicted octanol–water partition coefficient (Wildman–Crippen LogP) is 1.64. The molecule has 0 aromatic carbocycles. The van der Waals surface area contributed by atoms with Crippen LogP contribution in [0.3, 0.4) is 0 Å². The molecule has 1 amide bonds. The van der Waals surface area contributed by atoms with E-state index in [1.165, 1.54) is 6.92 Å². The maximum Gasteiger partial charge on any atom is 0.222 e. The molecule has 1 aromatic heterocycles. The third kappa shape index (κ3) is 3.26. The number of anilines is 2. The Balaban J connectivity index is 2.58. The number of pyridine rings is 1. The van der Waals surface area contributed by atoms with Gasteiger partial charge in [-0.2, -0.15) is 0 Å². The van der Waals surface area contributed by atoms with Crippen LogP contribution in [-0.2, 0) is 4.79 Å². The summed E-state index contributed by atoms with van der Waals surface area (Å²) in [4.78, 5) is 14.7. The van der Waals surface area contributed by atoms with Gasteiger partial charge in [0.2, 0.25) is 5.91 Å². The first-order valence-electron chi connectivity index (χ1n) is 4.31. The molecule has 0 atom stereocenters. The van der Waals surface area contributed by atoms with E-state index in [-0.39, 0.29) is 5.91 Å². The summed E-state index contributed by atoms with van der Waals surface area (Å²) >= 11 is 0. The summed E-state index contributed by atoms with van der Waals surface area (Å²) in [5.74, 6) is 0.436. The van der Waals surface area contributed by atoms with Crippen LogP contribution >= 0.6 is 0 Å². The molecule has 4 nitrogen and oxygen atoms in total. The SMILES string of the molecule is C=CCNc1ccc(NC(C)=O)nc1. The number of nitrogens with one attached hydrogen (secondary N) is 2. The highest BCUT2D eigenvalue weighted by molar-refractivity contribution is 5.87. The van der Waals surface area contributed by atoms with E-state index < -0.39 is 0 Å². The zero-order chi connectivity index (χ0) is 10.4. The third-order valence-corrected chi connectivity index (χ3v) is 1.52. The van der Waals surface area contributed by atoms with Crippen molar-refractivity contribution in [1.82, 2.24) is 4.98 Å². The maximum absolute atomic E-state index is 10.7. The van der Waals surface area contributed by atoms with E-state index in [0.717, 1.165) is 5.69 Å². The van der Waals surface area contributed by atoms with Gasteiger partial charge in [0.15, 0.2) is 0 Å². The molecule has 0 fully saturated rings. The van der Waals surface area contributed by atoms with Crippen LogP contribution in [0.4, 0.5) is 11.5 Å². The molecule has 0 aliphatic rings. The van der Waals surface area contributed by atoms with Crippen LogP contribution in [0, 0.1) is 0 Å². The van der Waals surface area contributed by atoms with E-state index in [1.807, 2.05) is 6.07 Å². The zero-order valence-electron chi connectivity index (χ0n) is 8.08. The van der Waals surface area contributed by atoms with Gasteiger partial charge in [-0.3, -0.25) is 4.79 Å². The lowest BCUT2D eigenvalue weighted by Crippen LogP contribution is -2.07. The van der Waals surface area contributed by atoms with Crippen LogP contribution in [0.2, 0.25) is 0 Å². The Morgan fingerprint density at radius 3 is 2.93 bits per heavy atom. The van der Waals surface area contributed by atoms with Crippen LogP contribution in [0.1, 0.15) is 6.92 Å². The van der Waals surface area contributed by atoms with Gasteiger partial charge in [-0.05, 0) is 12.1 Å². The summed E-state index contributed by atoms with van der Waals surface area (Å²) in [5, 5.41) is 5.67. The van der Waals surface area contributed by atoms with Crippen molar-refractivity contribution in [2.24, 2.45) is 0 Å². The Bertz CT molecular complexity index is 319. The lowest BCUT2D eigenvalue weighted by atomic mass is 10.4. The largest absolute Gasteiger partial charge is 0.380 e. The second-order valence-electron chi connectivity index (χ2n) is 2.78. The Morgan fingerprint density at radius 2 is 2.43 bits per heavy atom. The average molecular weight is 191 g/mol. The summed E-state index contributed by atoms with van der Waals surface area (Å²) in [5.41, 5.74) is 0.902. The molecule has 0 aliphatic heterocycles. The van der Waals surface area contributed by atoms with Crippen LogP contribution in [0.25, 0.3) is 0 Å². The predicted molar refractivity (Wildman–Crippen MR) is 57.2 cm³/mol. The molecule has 0 saturated carbocycles. The molecule has 0 aliphatic carbocycles. The minimum Gasteiger partial charge on any atom is -0.380 e. The molecule has 74 valence electrons. The van der Waals surface area contributed by atoms with Gasteiger partial charge in [0.25, 0.3) is 0 Å². The smallest absolute Gasteiger partial charge is 0.222 e. The van der Waals surface area contributed by atoms with Gasteiger partial charge in [-0.25, -0.2) is 4.98 Å². The van der Waals surface area contributed by atoms with E-state index in [0.29, 0.717) is 12.4 Å². The summed E-state index contributed by atoms with van der Waals surface area (Å²) in [6.45, 7) is 5.74. The maximum atomic E-state index is 10.7. The number of carbonyl (C=O) groups is 1. The number of hydrogen-bond donors (Lipinski definition) is 2. The molecular formula is C10H13N3O. The Morgan fingerprint density at radius 1 is 1.64 bits per heavy atom. The molecule has 4 heteroatoms. The topological polar surface area (TPSA) is 54.0 Å². The molecular weight excluding hydrogens is 178 g/mol. The third-order valence-electron chi connectivity index (χ3n) is 1.52. The molecule has 2 N–H and O–H groups in total. The van der Waals surface area contributed by atoms with Gasteiger partial charge in [-0.15, -0.1) is 6.58 Å². The first-order chi connectivity index (χ1) is 6.72. The van der Waals surface area contributed by atoms with Crippen molar-refractivity contribution in [3.8, 4) is 0 Å². The van der Waals surface area contributed by atoms with Gasteiger partial charge in [0, 0.05) is 13.5 Å². The van der Waals surface area contributed by atoms with E-state index in [2.05, 4.69) is 22.2 Å². The number of aromatic nitrogens is 1. The molecule has 0 radical (unpaired) electrons. The molecule has 0 spiro atoms. The molecule has 1 aromatic rings. The number of nitrogens with zero attached hydrogens (tertiary/aromatic N) is 1. The second-order valence-corrected chi connectivity index (χ2v) is 2.78. The summed E-state index contributed by atoms with van der Waals surface area (Å²) in [7, 11) is 0. The molecule has 0 bridgehead atoms. The number of amides is 1. The Kier molecular flexibility index (Phi) is 3.67. The van der Waals surface area contributed by atoms with Crippen molar-refractivity contribution in [2.75, 3.05) is 17.2 Å². The first-order valence-corrected chi connectivity index (χ1v) is 4.31. The van der Waals surface area contributed by atoms with Crippen molar-refractivity contribution in [2.45, 2.75) is 6.92 Å². The molecule has 1 rings (SSSR count). The number of rotatable bonds is 4. The van der Waals surface area contributed by atoms with Gasteiger partial charge < -0.3 is 10.6 Å². The molecule has 0 unspecified atom stereocenters. The highest BCUT2D eigenvalue weighted by atomic mass is 16.1. The second kappa shape index (κ2) is 5.01. The Labute approximate surface area is 83.0 Å². The van der Waals surface area contributed by atoms with Gasteiger partial charge in [-0.1, -0.05) is 6.08 Å². The number of hydrogen-bond acceptors (Lipinski definition) is 3. The van der Waals surface area contributed by atoms with Crippen LogP contribution < -0.4 is 10.6 Å². The van der Waals surface area contributed by atoms with Crippen molar-refractivity contribution < 1.29 is 4.79 Å². The summed E-state index contributed by atoms with van der Waals surface area (Å²) < 4.78 is 0. The normalized spacial score (nSPS) is 9.21. The summed E-state index contributed by atoms with van der Waals surface area (Å²) in [6.07, 6.45) is 3.43. The molecule has 14 heavy (non-hydrogen) atoms. The van der Waals surface area contributed by atoms with Gasteiger partial charge in [0.1, 0.15) is 5.82 Å². The van der Waals surface area contributed by atoms with E-state index in [9.17, 15) is 4.79 Å². The molecule has 0 saturated heterocycles. The fourth-order valence-corrected chi connectivity index (χ4v) is 0.943. The fourth-order valence-electron chi connectivity index (χ4n) is 0.943. The van der Waals surface area contributed by atoms with Gasteiger partial charge in [0.05, 0.1) is 11.9 Å². The van der Waals surface area contributed by atoms with Crippen molar-refractivity contribution in [3.05, 3.63) is 31.0 Å². The van der Waals surface area contributed by atoms with E-state index in [4.69, 9.17) is 0 Å². The lowest BCUT2D eigenvalue weighted by molar-refractivity contribution is -0.114. The van der Waals surface area contributed by atoms with Crippen molar-refractivity contribution in [1.29, 1.82) is 0 Å². The van der Waals surface area contributed by atoms with E-state index >= 15 is 0 Å². The summed E-state index contributed by atoms with van der Waals surface area (Å²) in [6, 6.07) is 3.59. The van der Waals surface area contributed by atoms with Crippen LogP contribution in [-0.4, -0.2) is 17.4 Å². The number of carbonyl (C=O) groups excluding carboxylic acids is 1. The lowest BCUT2D eigenvalue weighted by Gasteiger charge is -2.04. The fraction of sp³-hybridized carbons (Fsp3) is 0.200. The monoisotopic (exact) mass is 191 g/mol. The quantitative estimate of drug-likeness (QED) is 0.711. The Hall–Kier alpha value is -1.84. The van der Waals surface area contributed by atoms with Crippen molar-refractivity contribution in [3.63, 3.8) is 0 Å². The van der Waals surface area contributed by atoms with Crippen LogP contribution in [0.15, 0.2) is 31.0 Å². The minimum atomic E-state index is -0.121. The van der Waals surface area contributed by atoms with Gasteiger partial charge >= 0.3 is 0 Å². The standard InChI is InChI=1S/C10H13N3O/c1-3-6-11-9-4-5-10(12-7-9)13-8(2)14/h3-5,7,11H,1,6H2,2H3,(H,12,13,14). The zero-order valence-corrected chi connectivity index (χ0v) is 8.08. The van der Waals surface area contributed by atoms with E-state index in [1.54, 1.807) is 18.3 Å².